The lowest BCUT2D eigenvalue weighted by Gasteiger charge is -2.13. The maximum atomic E-state index is 8.78. The summed E-state index contributed by atoms with van der Waals surface area (Å²) in [6, 6.07) is 7.15. The molecule has 0 fully saturated rings. The molecule has 1 aromatic heterocycles. The quantitative estimate of drug-likeness (QED) is 0.386. The van der Waals surface area contributed by atoms with Crippen LogP contribution in [0.1, 0.15) is 11.1 Å². The number of benzene rings is 1. The first-order chi connectivity index (χ1) is 9.65. The van der Waals surface area contributed by atoms with Crippen LogP contribution in [-0.2, 0) is 0 Å². The number of oxime groups is 1. The molecule has 20 heavy (non-hydrogen) atoms. The Kier molecular flexibility index (Phi) is 4.05. The number of hydrogen-bond donors (Lipinski definition) is 2. The van der Waals surface area contributed by atoms with Gasteiger partial charge in [0.1, 0.15) is 0 Å². The molecule has 2 rings (SSSR count). The zero-order valence-electron chi connectivity index (χ0n) is 11.2. The van der Waals surface area contributed by atoms with Crippen LogP contribution >= 0.6 is 0 Å². The van der Waals surface area contributed by atoms with Crippen LogP contribution in [0.5, 0.6) is 17.2 Å². The first-order valence-corrected chi connectivity index (χ1v) is 5.90. The number of aryl methyl sites for hydroxylation is 1. The lowest BCUT2D eigenvalue weighted by molar-refractivity contribution is 0.318. The Balaban J connectivity index is 2.40. The van der Waals surface area contributed by atoms with Crippen molar-refractivity contribution in [2.75, 3.05) is 7.11 Å². The summed E-state index contributed by atoms with van der Waals surface area (Å²) < 4.78 is 11.0. The summed E-state index contributed by atoms with van der Waals surface area (Å²) >= 11 is 0. The number of amidine groups is 1. The minimum absolute atomic E-state index is 0.0477. The molecule has 104 valence electrons. The SMILES string of the molecule is COc1cc(C)ccc1Oc1cnccc1/C(N)=N/O. The first-order valence-electron chi connectivity index (χ1n) is 5.90. The van der Waals surface area contributed by atoms with Crippen LogP contribution in [0.4, 0.5) is 0 Å². The van der Waals surface area contributed by atoms with Gasteiger partial charge >= 0.3 is 0 Å². The van der Waals surface area contributed by atoms with Crippen molar-refractivity contribution < 1.29 is 14.7 Å². The van der Waals surface area contributed by atoms with Gasteiger partial charge in [0, 0.05) is 6.20 Å². The molecule has 0 saturated carbocycles. The molecule has 6 nitrogen and oxygen atoms in total. The van der Waals surface area contributed by atoms with Gasteiger partial charge in [0.25, 0.3) is 0 Å². The van der Waals surface area contributed by atoms with E-state index >= 15 is 0 Å². The molecule has 1 heterocycles. The van der Waals surface area contributed by atoms with E-state index in [0.29, 0.717) is 22.8 Å². The van der Waals surface area contributed by atoms with Gasteiger partial charge in [-0.05, 0) is 30.7 Å². The second-order valence-corrected chi connectivity index (χ2v) is 4.11. The molecule has 2 aromatic rings. The number of ether oxygens (including phenoxy) is 2. The monoisotopic (exact) mass is 273 g/mol. The summed E-state index contributed by atoms with van der Waals surface area (Å²) in [5.74, 6) is 1.45. The van der Waals surface area contributed by atoms with Gasteiger partial charge in [0.15, 0.2) is 23.1 Å². The van der Waals surface area contributed by atoms with E-state index < -0.39 is 0 Å². The summed E-state index contributed by atoms with van der Waals surface area (Å²) in [5.41, 5.74) is 7.11. The van der Waals surface area contributed by atoms with Gasteiger partial charge in [-0.2, -0.15) is 0 Å². The van der Waals surface area contributed by atoms with Crippen molar-refractivity contribution in [2.24, 2.45) is 10.9 Å². The minimum atomic E-state index is -0.0477. The fourth-order valence-electron chi connectivity index (χ4n) is 1.70. The lowest BCUT2D eigenvalue weighted by Crippen LogP contribution is -2.14. The van der Waals surface area contributed by atoms with Crippen LogP contribution < -0.4 is 15.2 Å². The molecule has 0 aliphatic heterocycles. The Morgan fingerprint density at radius 1 is 1.25 bits per heavy atom. The zero-order chi connectivity index (χ0) is 14.5. The zero-order valence-corrected chi connectivity index (χ0v) is 11.2. The highest BCUT2D eigenvalue weighted by Gasteiger charge is 2.12. The molecule has 0 saturated heterocycles. The van der Waals surface area contributed by atoms with E-state index in [9.17, 15) is 0 Å². The Bertz CT molecular complexity index is 641. The predicted octanol–water partition coefficient (Wildman–Crippen LogP) is 2.29. The Morgan fingerprint density at radius 2 is 2.05 bits per heavy atom. The van der Waals surface area contributed by atoms with E-state index in [1.165, 1.54) is 12.4 Å². The van der Waals surface area contributed by atoms with Crippen molar-refractivity contribution >= 4 is 5.84 Å². The molecule has 0 amide bonds. The number of hydrogen-bond acceptors (Lipinski definition) is 5. The molecule has 0 bridgehead atoms. The smallest absolute Gasteiger partial charge is 0.173 e. The van der Waals surface area contributed by atoms with Gasteiger partial charge in [-0.1, -0.05) is 11.2 Å². The van der Waals surface area contributed by atoms with Crippen molar-refractivity contribution in [3.05, 3.63) is 47.8 Å². The number of methoxy groups -OCH3 is 1. The molecule has 0 unspecified atom stereocenters. The summed E-state index contributed by atoms with van der Waals surface area (Å²) in [6.45, 7) is 1.96. The number of aromatic nitrogens is 1. The van der Waals surface area contributed by atoms with Crippen LogP contribution in [0.2, 0.25) is 0 Å². The number of nitrogens with two attached hydrogens (primary N) is 1. The van der Waals surface area contributed by atoms with E-state index in [1.807, 2.05) is 19.1 Å². The lowest BCUT2D eigenvalue weighted by atomic mass is 10.2. The van der Waals surface area contributed by atoms with Gasteiger partial charge in [0.2, 0.25) is 0 Å². The van der Waals surface area contributed by atoms with Gasteiger partial charge in [-0.15, -0.1) is 0 Å². The van der Waals surface area contributed by atoms with E-state index in [1.54, 1.807) is 19.2 Å². The third kappa shape index (κ3) is 2.80. The molecule has 0 radical (unpaired) electrons. The highest BCUT2D eigenvalue weighted by Crippen LogP contribution is 2.33. The fraction of sp³-hybridized carbons (Fsp3) is 0.143. The van der Waals surface area contributed by atoms with Crippen molar-refractivity contribution in [3.8, 4) is 17.2 Å². The largest absolute Gasteiger partial charge is 0.493 e. The van der Waals surface area contributed by atoms with Crippen LogP contribution in [0.3, 0.4) is 0 Å². The van der Waals surface area contributed by atoms with Crippen LogP contribution in [0.25, 0.3) is 0 Å². The van der Waals surface area contributed by atoms with Gasteiger partial charge < -0.3 is 20.4 Å². The van der Waals surface area contributed by atoms with E-state index in [0.717, 1.165) is 5.56 Å². The van der Waals surface area contributed by atoms with Crippen LogP contribution in [-0.4, -0.2) is 23.1 Å². The van der Waals surface area contributed by atoms with E-state index in [2.05, 4.69) is 10.1 Å². The Labute approximate surface area is 116 Å². The molecule has 1 aromatic carbocycles. The summed E-state index contributed by atoms with van der Waals surface area (Å²) in [4.78, 5) is 3.97. The van der Waals surface area contributed by atoms with Crippen molar-refractivity contribution in [1.82, 2.24) is 4.98 Å². The highest BCUT2D eigenvalue weighted by molar-refractivity contribution is 5.99. The van der Waals surface area contributed by atoms with Gasteiger partial charge in [-0.3, -0.25) is 4.98 Å². The van der Waals surface area contributed by atoms with E-state index in [-0.39, 0.29) is 5.84 Å². The second kappa shape index (κ2) is 5.92. The first kappa shape index (κ1) is 13.7. The molecule has 0 aliphatic carbocycles. The maximum absolute atomic E-state index is 8.78. The standard InChI is InChI=1S/C14H15N3O3/c1-9-3-4-11(12(7-9)19-2)20-13-8-16-6-5-10(13)14(15)17-18/h3-8,18H,1-2H3,(H2,15,17). The summed E-state index contributed by atoms with van der Waals surface area (Å²) in [5, 5.41) is 11.8. The molecule has 0 atom stereocenters. The summed E-state index contributed by atoms with van der Waals surface area (Å²) in [6.07, 6.45) is 3.03. The molecular weight excluding hydrogens is 258 g/mol. The predicted molar refractivity (Wildman–Crippen MR) is 74.6 cm³/mol. The molecule has 0 spiro atoms. The number of rotatable bonds is 4. The number of pyridine rings is 1. The Hall–Kier alpha value is -2.76. The average Bonchev–Trinajstić information content (AvgIpc) is 2.48. The molecular formula is C14H15N3O3. The topological polar surface area (TPSA) is 90.0 Å². The van der Waals surface area contributed by atoms with Gasteiger partial charge in [0.05, 0.1) is 18.9 Å². The highest BCUT2D eigenvalue weighted by atomic mass is 16.5. The molecule has 3 N–H and O–H groups in total. The van der Waals surface area contributed by atoms with Gasteiger partial charge in [-0.25, -0.2) is 0 Å². The average molecular weight is 273 g/mol. The fourth-order valence-corrected chi connectivity index (χ4v) is 1.70. The molecule has 6 heteroatoms. The number of nitrogens with zero attached hydrogens (tertiary/aromatic N) is 2. The minimum Gasteiger partial charge on any atom is -0.493 e. The normalized spacial score (nSPS) is 11.2. The van der Waals surface area contributed by atoms with E-state index in [4.69, 9.17) is 20.4 Å². The molecule has 0 aliphatic rings. The van der Waals surface area contributed by atoms with Crippen molar-refractivity contribution in [3.63, 3.8) is 0 Å². The third-order valence-electron chi connectivity index (χ3n) is 2.71. The third-order valence-corrected chi connectivity index (χ3v) is 2.71. The van der Waals surface area contributed by atoms with Crippen molar-refractivity contribution in [2.45, 2.75) is 6.92 Å². The summed E-state index contributed by atoms with van der Waals surface area (Å²) in [7, 11) is 1.56. The van der Waals surface area contributed by atoms with Crippen LogP contribution in [0.15, 0.2) is 41.8 Å². The second-order valence-electron chi connectivity index (χ2n) is 4.11. The maximum Gasteiger partial charge on any atom is 0.173 e. The Morgan fingerprint density at radius 3 is 2.75 bits per heavy atom. The van der Waals surface area contributed by atoms with Crippen molar-refractivity contribution in [1.29, 1.82) is 0 Å². The van der Waals surface area contributed by atoms with Crippen LogP contribution in [0, 0.1) is 6.92 Å².